The highest BCUT2D eigenvalue weighted by Crippen LogP contribution is 2.32. The van der Waals surface area contributed by atoms with Gasteiger partial charge < -0.3 is 10.8 Å². The predicted octanol–water partition coefficient (Wildman–Crippen LogP) is 5.25. The molecular formula is C18H23NOS. The lowest BCUT2D eigenvalue weighted by molar-refractivity contribution is 0.477. The molecule has 0 atom stereocenters. The van der Waals surface area contributed by atoms with Crippen LogP contribution in [-0.4, -0.2) is 5.11 Å². The molecule has 0 saturated heterocycles. The average Bonchev–Trinajstić information content (AvgIpc) is 2.49. The number of nitrogen functional groups attached to an aromatic ring is 1. The number of phenolic OH excluding ortho intramolecular Hbond substituents is 1. The molecule has 112 valence electrons. The minimum atomic E-state index is 0.141. The van der Waals surface area contributed by atoms with Crippen LogP contribution < -0.4 is 5.73 Å². The summed E-state index contributed by atoms with van der Waals surface area (Å²) in [6, 6.07) is 14.1. The lowest BCUT2D eigenvalue weighted by Crippen LogP contribution is -1.87. The van der Waals surface area contributed by atoms with E-state index < -0.39 is 0 Å². The molecule has 2 aromatic carbocycles. The SMILES string of the molecule is CCCCCCc1ccc(Sc2ccc(O)c(N)c2)cc1. The molecule has 0 fully saturated rings. The summed E-state index contributed by atoms with van der Waals surface area (Å²) in [7, 11) is 0. The minimum Gasteiger partial charge on any atom is -0.506 e. The number of aryl methyl sites for hydroxylation is 1. The summed E-state index contributed by atoms with van der Waals surface area (Å²) in [4.78, 5) is 2.23. The van der Waals surface area contributed by atoms with Gasteiger partial charge in [-0.2, -0.15) is 0 Å². The van der Waals surface area contributed by atoms with E-state index in [0.717, 1.165) is 11.3 Å². The quantitative estimate of drug-likeness (QED) is 0.417. The van der Waals surface area contributed by atoms with Gasteiger partial charge in [-0.25, -0.2) is 0 Å². The van der Waals surface area contributed by atoms with Crippen molar-refractivity contribution in [2.24, 2.45) is 0 Å². The zero-order valence-corrected chi connectivity index (χ0v) is 13.3. The Kier molecular flexibility index (Phi) is 6.00. The standard InChI is InChI=1S/C18H23NOS/c1-2-3-4-5-6-14-7-9-15(10-8-14)21-16-11-12-18(20)17(19)13-16/h7-13,20H,2-6,19H2,1H3. The Hall–Kier alpha value is -1.61. The fourth-order valence-corrected chi connectivity index (χ4v) is 3.08. The monoisotopic (exact) mass is 301 g/mol. The number of hydrogen-bond donors (Lipinski definition) is 2. The summed E-state index contributed by atoms with van der Waals surface area (Å²) < 4.78 is 0. The predicted molar refractivity (Wildman–Crippen MR) is 90.9 cm³/mol. The van der Waals surface area contributed by atoms with E-state index in [2.05, 4.69) is 31.2 Å². The Labute approximate surface area is 131 Å². The number of phenols is 1. The number of rotatable bonds is 7. The third-order valence-corrected chi connectivity index (χ3v) is 4.47. The molecule has 0 aliphatic carbocycles. The van der Waals surface area contributed by atoms with Crippen molar-refractivity contribution in [3.63, 3.8) is 0 Å². The normalized spacial score (nSPS) is 10.7. The second kappa shape index (κ2) is 7.99. The van der Waals surface area contributed by atoms with Gasteiger partial charge in [-0.05, 0) is 48.7 Å². The summed E-state index contributed by atoms with van der Waals surface area (Å²) in [5.41, 5.74) is 7.54. The molecule has 2 rings (SSSR count). The Balaban J connectivity index is 1.91. The van der Waals surface area contributed by atoms with Crippen molar-refractivity contribution in [1.29, 1.82) is 0 Å². The molecule has 0 aromatic heterocycles. The first kappa shape index (κ1) is 15.8. The van der Waals surface area contributed by atoms with Crippen LogP contribution in [-0.2, 0) is 6.42 Å². The number of anilines is 1. The third kappa shape index (κ3) is 5.01. The molecule has 0 spiro atoms. The van der Waals surface area contributed by atoms with E-state index in [1.54, 1.807) is 23.9 Å². The van der Waals surface area contributed by atoms with E-state index >= 15 is 0 Å². The van der Waals surface area contributed by atoms with E-state index in [1.807, 2.05) is 6.07 Å². The molecule has 0 amide bonds. The van der Waals surface area contributed by atoms with Crippen LogP contribution in [0.4, 0.5) is 5.69 Å². The van der Waals surface area contributed by atoms with Gasteiger partial charge >= 0.3 is 0 Å². The van der Waals surface area contributed by atoms with Gasteiger partial charge in [0.05, 0.1) is 5.69 Å². The summed E-state index contributed by atoms with van der Waals surface area (Å²) >= 11 is 1.66. The summed E-state index contributed by atoms with van der Waals surface area (Å²) in [6.45, 7) is 2.24. The first-order chi connectivity index (χ1) is 10.2. The largest absolute Gasteiger partial charge is 0.506 e. The van der Waals surface area contributed by atoms with Crippen molar-refractivity contribution in [2.45, 2.75) is 48.8 Å². The van der Waals surface area contributed by atoms with Gasteiger partial charge in [-0.1, -0.05) is 50.1 Å². The van der Waals surface area contributed by atoms with Gasteiger partial charge in [-0.3, -0.25) is 0 Å². The van der Waals surface area contributed by atoms with Crippen LogP contribution in [0.15, 0.2) is 52.3 Å². The zero-order chi connectivity index (χ0) is 15.1. The van der Waals surface area contributed by atoms with Gasteiger partial charge in [0.2, 0.25) is 0 Å². The maximum atomic E-state index is 9.43. The van der Waals surface area contributed by atoms with Crippen molar-refractivity contribution >= 4 is 17.4 Å². The van der Waals surface area contributed by atoms with Crippen LogP contribution in [0.25, 0.3) is 0 Å². The average molecular weight is 301 g/mol. The number of hydrogen-bond acceptors (Lipinski definition) is 3. The fourth-order valence-electron chi connectivity index (χ4n) is 2.21. The molecule has 2 aromatic rings. The van der Waals surface area contributed by atoms with E-state index in [1.165, 1.54) is 36.1 Å². The number of aromatic hydroxyl groups is 1. The second-order valence-electron chi connectivity index (χ2n) is 5.28. The van der Waals surface area contributed by atoms with Crippen molar-refractivity contribution in [1.82, 2.24) is 0 Å². The van der Waals surface area contributed by atoms with Crippen LogP contribution in [0.3, 0.4) is 0 Å². The van der Waals surface area contributed by atoms with Gasteiger partial charge in [0.15, 0.2) is 0 Å². The lowest BCUT2D eigenvalue weighted by Gasteiger charge is -2.06. The Morgan fingerprint density at radius 3 is 2.33 bits per heavy atom. The van der Waals surface area contributed by atoms with Crippen LogP contribution in [0.5, 0.6) is 5.75 Å². The molecule has 0 heterocycles. The molecule has 3 N–H and O–H groups in total. The smallest absolute Gasteiger partial charge is 0.138 e. The zero-order valence-electron chi connectivity index (χ0n) is 12.5. The number of unbranched alkanes of at least 4 members (excludes halogenated alkanes) is 3. The highest BCUT2D eigenvalue weighted by molar-refractivity contribution is 7.99. The molecule has 0 aliphatic heterocycles. The van der Waals surface area contributed by atoms with Gasteiger partial charge in [0.25, 0.3) is 0 Å². The van der Waals surface area contributed by atoms with Crippen molar-refractivity contribution in [3.05, 3.63) is 48.0 Å². The maximum Gasteiger partial charge on any atom is 0.138 e. The molecule has 0 saturated carbocycles. The van der Waals surface area contributed by atoms with Gasteiger partial charge in [0, 0.05) is 9.79 Å². The van der Waals surface area contributed by atoms with E-state index in [-0.39, 0.29) is 5.75 Å². The van der Waals surface area contributed by atoms with Crippen LogP contribution in [0, 0.1) is 0 Å². The fraction of sp³-hybridized carbons (Fsp3) is 0.333. The highest BCUT2D eigenvalue weighted by Gasteiger charge is 2.02. The van der Waals surface area contributed by atoms with Crippen LogP contribution in [0.2, 0.25) is 0 Å². The van der Waals surface area contributed by atoms with E-state index in [9.17, 15) is 5.11 Å². The molecule has 2 nitrogen and oxygen atoms in total. The third-order valence-electron chi connectivity index (χ3n) is 3.48. The number of benzene rings is 2. The minimum absolute atomic E-state index is 0.141. The van der Waals surface area contributed by atoms with Crippen LogP contribution >= 0.6 is 11.8 Å². The number of nitrogens with two attached hydrogens (primary N) is 1. The van der Waals surface area contributed by atoms with E-state index in [0.29, 0.717) is 5.69 Å². The molecule has 0 bridgehead atoms. The highest BCUT2D eigenvalue weighted by atomic mass is 32.2. The molecule has 0 radical (unpaired) electrons. The first-order valence-electron chi connectivity index (χ1n) is 7.54. The molecule has 3 heteroatoms. The topological polar surface area (TPSA) is 46.2 Å². The van der Waals surface area contributed by atoms with Crippen molar-refractivity contribution < 1.29 is 5.11 Å². The summed E-state index contributed by atoms with van der Waals surface area (Å²) in [5.74, 6) is 0.141. The molecule has 0 aliphatic rings. The van der Waals surface area contributed by atoms with E-state index in [4.69, 9.17) is 5.73 Å². The Bertz CT molecular complexity index is 566. The molecule has 0 unspecified atom stereocenters. The summed E-state index contributed by atoms with van der Waals surface area (Å²) in [6.07, 6.45) is 6.37. The summed E-state index contributed by atoms with van der Waals surface area (Å²) in [5, 5.41) is 9.43. The molecular weight excluding hydrogens is 278 g/mol. The van der Waals surface area contributed by atoms with Gasteiger partial charge in [0.1, 0.15) is 5.75 Å². The lowest BCUT2D eigenvalue weighted by atomic mass is 10.1. The second-order valence-corrected chi connectivity index (χ2v) is 6.42. The first-order valence-corrected chi connectivity index (χ1v) is 8.36. The maximum absolute atomic E-state index is 9.43. The van der Waals surface area contributed by atoms with Crippen LogP contribution in [0.1, 0.15) is 38.2 Å². The Morgan fingerprint density at radius 2 is 1.67 bits per heavy atom. The van der Waals surface area contributed by atoms with Crippen molar-refractivity contribution in [2.75, 3.05) is 5.73 Å². The Morgan fingerprint density at radius 1 is 0.952 bits per heavy atom. The van der Waals surface area contributed by atoms with Gasteiger partial charge in [-0.15, -0.1) is 0 Å². The molecule has 21 heavy (non-hydrogen) atoms. The van der Waals surface area contributed by atoms with Crippen molar-refractivity contribution in [3.8, 4) is 5.75 Å².